The van der Waals surface area contributed by atoms with Crippen LogP contribution in [0.5, 0.6) is 0 Å². The number of benzene rings is 4. The summed E-state index contributed by atoms with van der Waals surface area (Å²) in [6.45, 7) is 8.90. The van der Waals surface area contributed by atoms with Crippen molar-refractivity contribution in [2.75, 3.05) is 0 Å². The van der Waals surface area contributed by atoms with Gasteiger partial charge in [0.1, 0.15) is 11.5 Å². The van der Waals surface area contributed by atoms with E-state index in [2.05, 4.69) is 159 Å². The van der Waals surface area contributed by atoms with E-state index in [1.807, 2.05) is 18.3 Å². The molecule has 8 rings (SSSR count). The molecule has 4 aromatic carbocycles. The smallest absolute Gasteiger partial charge is 0.147 e. The third kappa shape index (κ3) is 5.22. The van der Waals surface area contributed by atoms with Crippen molar-refractivity contribution in [2.45, 2.75) is 33.1 Å². The predicted octanol–water partition coefficient (Wildman–Crippen LogP) is 11.2. The number of hydrogen-bond donors (Lipinski definition) is 1. The molecule has 0 amide bonds. The van der Waals surface area contributed by atoms with Gasteiger partial charge in [0, 0.05) is 33.8 Å². The van der Waals surface area contributed by atoms with Crippen molar-refractivity contribution in [1.29, 1.82) is 0 Å². The summed E-state index contributed by atoms with van der Waals surface area (Å²) >= 11 is 0. The van der Waals surface area contributed by atoms with E-state index in [4.69, 9.17) is 9.97 Å². The summed E-state index contributed by atoms with van der Waals surface area (Å²) in [5.41, 5.74) is 13.1. The molecule has 0 atom stereocenters. The topological polar surface area (TPSA) is 46.5 Å². The van der Waals surface area contributed by atoms with Gasteiger partial charge in [-0.25, -0.2) is 4.98 Å². The number of aromatic nitrogens is 4. The second-order valence-electron chi connectivity index (χ2n) is 13.3. The van der Waals surface area contributed by atoms with Crippen LogP contribution in [0, 0.1) is 6.92 Å². The Labute approximate surface area is 275 Å². The van der Waals surface area contributed by atoms with Crippen LogP contribution in [0.3, 0.4) is 0 Å². The Morgan fingerprint density at radius 3 is 2.06 bits per heavy atom. The van der Waals surface area contributed by atoms with Crippen molar-refractivity contribution in [1.82, 2.24) is 19.5 Å². The van der Waals surface area contributed by atoms with Crippen LogP contribution < -0.4 is 0 Å². The minimum Gasteiger partial charge on any atom is -0.345 e. The fraction of sp³-hybridized carbons (Fsp3) is 0.116. The quantitative estimate of drug-likeness (QED) is 0.211. The first kappa shape index (κ1) is 28.7. The lowest BCUT2D eigenvalue weighted by Crippen LogP contribution is -2.11. The first-order valence-corrected chi connectivity index (χ1v) is 16.2. The van der Waals surface area contributed by atoms with E-state index in [1.165, 1.54) is 27.6 Å². The van der Waals surface area contributed by atoms with Crippen LogP contribution in [0.15, 0.2) is 140 Å². The summed E-state index contributed by atoms with van der Waals surface area (Å²) in [4.78, 5) is 13.7. The van der Waals surface area contributed by atoms with Crippen LogP contribution >= 0.6 is 0 Å². The first-order valence-electron chi connectivity index (χ1n) is 16.2. The molecule has 1 N–H and O–H groups in total. The monoisotopic (exact) mass is 608 g/mol. The summed E-state index contributed by atoms with van der Waals surface area (Å²) < 4.78 is 2.24. The van der Waals surface area contributed by atoms with Crippen LogP contribution in [-0.4, -0.2) is 19.5 Å². The van der Waals surface area contributed by atoms with E-state index in [0.717, 1.165) is 56.1 Å². The molecule has 0 aliphatic heterocycles. The normalized spacial score (nSPS) is 11.8. The van der Waals surface area contributed by atoms with Gasteiger partial charge in [0.25, 0.3) is 0 Å². The van der Waals surface area contributed by atoms with Gasteiger partial charge < -0.3 is 4.98 Å². The maximum Gasteiger partial charge on any atom is 0.147 e. The number of aryl methyl sites for hydroxylation is 1. The van der Waals surface area contributed by atoms with Crippen molar-refractivity contribution in [3.8, 4) is 50.6 Å². The number of fused-ring (bicyclic) bond motifs is 3. The maximum absolute atomic E-state index is 5.40. The molecule has 4 aromatic heterocycles. The highest BCUT2D eigenvalue weighted by molar-refractivity contribution is 6.08. The Bertz CT molecular complexity index is 2390. The molecule has 0 spiro atoms. The van der Waals surface area contributed by atoms with Crippen LogP contribution in [0.1, 0.15) is 32.0 Å². The molecule has 47 heavy (non-hydrogen) atoms. The lowest BCUT2D eigenvalue weighted by Gasteiger charge is -2.22. The van der Waals surface area contributed by atoms with Gasteiger partial charge in [-0.1, -0.05) is 93.6 Å². The lowest BCUT2D eigenvalue weighted by molar-refractivity contribution is 0.590. The molecule has 0 bridgehead atoms. The summed E-state index contributed by atoms with van der Waals surface area (Å²) in [6, 6.07) is 47.6. The molecule has 0 saturated heterocycles. The molecule has 0 aliphatic rings. The number of rotatable bonds is 5. The number of nitrogens with one attached hydrogen (secondary N) is 1. The Balaban J connectivity index is 1.39. The second kappa shape index (κ2) is 11.3. The zero-order chi connectivity index (χ0) is 32.1. The van der Waals surface area contributed by atoms with E-state index in [-0.39, 0.29) is 5.41 Å². The SMILES string of the molecule is Cc1ccc(-n2c3ccccc3c3ccc(-c4cc(-c5ccccn5)cc(-c5cc(C(C)(C)C)ccc5-c5ccccc5)c4)nc32)[nH]1. The molecule has 228 valence electrons. The number of pyridine rings is 2. The number of aromatic amines is 1. The van der Waals surface area contributed by atoms with Crippen LogP contribution in [0.2, 0.25) is 0 Å². The highest BCUT2D eigenvalue weighted by atomic mass is 15.1. The molecule has 8 aromatic rings. The Kier molecular flexibility index (Phi) is 6.87. The van der Waals surface area contributed by atoms with E-state index in [1.54, 1.807) is 0 Å². The van der Waals surface area contributed by atoms with Gasteiger partial charge in [-0.05, 0) is 101 Å². The number of hydrogen-bond acceptors (Lipinski definition) is 2. The van der Waals surface area contributed by atoms with Crippen LogP contribution in [0.25, 0.3) is 72.5 Å². The third-order valence-corrected chi connectivity index (χ3v) is 9.05. The Morgan fingerprint density at radius 1 is 0.574 bits per heavy atom. The average molecular weight is 609 g/mol. The van der Waals surface area contributed by atoms with Crippen molar-refractivity contribution >= 4 is 21.9 Å². The second-order valence-corrected chi connectivity index (χ2v) is 13.3. The zero-order valence-electron chi connectivity index (χ0n) is 27.1. The van der Waals surface area contributed by atoms with Gasteiger partial charge in [0.15, 0.2) is 0 Å². The fourth-order valence-corrected chi connectivity index (χ4v) is 6.60. The van der Waals surface area contributed by atoms with E-state index < -0.39 is 0 Å². The van der Waals surface area contributed by atoms with Gasteiger partial charge in [-0.3, -0.25) is 9.55 Å². The van der Waals surface area contributed by atoms with E-state index in [0.29, 0.717) is 0 Å². The van der Waals surface area contributed by atoms with Crippen LogP contribution in [-0.2, 0) is 5.41 Å². The van der Waals surface area contributed by atoms with Crippen LogP contribution in [0.4, 0.5) is 0 Å². The Hall–Kier alpha value is -5.74. The molecule has 0 radical (unpaired) electrons. The summed E-state index contributed by atoms with van der Waals surface area (Å²) in [6.07, 6.45) is 1.86. The van der Waals surface area contributed by atoms with Gasteiger partial charge in [-0.2, -0.15) is 0 Å². The number of H-pyrrole nitrogens is 1. The molecular weight excluding hydrogens is 573 g/mol. The van der Waals surface area contributed by atoms with Crippen molar-refractivity contribution in [3.05, 3.63) is 151 Å². The third-order valence-electron chi connectivity index (χ3n) is 9.05. The first-order chi connectivity index (χ1) is 22.8. The molecule has 4 heteroatoms. The van der Waals surface area contributed by atoms with Gasteiger partial charge in [-0.15, -0.1) is 0 Å². The fourth-order valence-electron chi connectivity index (χ4n) is 6.60. The minimum atomic E-state index is 0.00156. The molecule has 0 saturated carbocycles. The largest absolute Gasteiger partial charge is 0.345 e. The molecule has 0 unspecified atom stereocenters. The van der Waals surface area contributed by atoms with Gasteiger partial charge >= 0.3 is 0 Å². The molecule has 4 nitrogen and oxygen atoms in total. The average Bonchev–Trinajstić information content (AvgIpc) is 3.68. The van der Waals surface area contributed by atoms with Crippen molar-refractivity contribution < 1.29 is 0 Å². The number of para-hydroxylation sites is 1. The molecular formula is C43H36N4. The Morgan fingerprint density at radius 2 is 1.32 bits per heavy atom. The minimum absolute atomic E-state index is 0.00156. The highest BCUT2D eigenvalue weighted by Gasteiger charge is 2.20. The summed E-state index contributed by atoms with van der Waals surface area (Å²) in [7, 11) is 0. The molecule has 0 fully saturated rings. The van der Waals surface area contributed by atoms with E-state index >= 15 is 0 Å². The highest BCUT2D eigenvalue weighted by Crippen LogP contribution is 2.40. The predicted molar refractivity (Wildman–Crippen MR) is 196 cm³/mol. The summed E-state index contributed by atoms with van der Waals surface area (Å²) in [5, 5.41) is 2.31. The van der Waals surface area contributed by atoms with Gasteiger partial charge in [0.2, 0.25) is 0 Å². The molecule has 4 heterocycles. The molecule has 0 aliphatic carbocycles. The maximum atomic E-state index is 5.40. The van der Waals surface area contributed by atoms with E-state index in [9.17, 15) is 0 Å². The lowest BCUT2D eigenvalue weighted by atomic mass is 9.82. The van der Waals surface area contributed by atoms with Gasteiger partial charge in [0.05, 0.1) is 16.9 Å². The number of nitrogens with zero attached hydrogens (tertiary/aromatic N) is 3. The summed E-state index contributed by atoms with van der Waals surface area (Å²) in [5.74, 6) is 1.01. The zero-order valence-corrected chi connectivity index (χ0v) is 27.1. The standard InChI is InChI=1S/C43H36N4/c1-28-17-22-41(45-28)47-40-16-9-8-14-35(40)36-20-21-39(46-42(36)47)32-25-30(24-31(26-32)38-15-10-11-23-44-38)37-27-33(43(2,3)4)18-19-34(37)29-12-6-5-7-13-29/h5-27,45H,1-4H3. The van der Waals surface area contributed by atoms with Crippen molar-refractivity contribution in [3.63, 3.8) is 0 Å². The van der Waals surface area contributed by atoms with Crippen molar-refractivity contribution in [2.24, 2.45) is 0 Å².